The third-order valence-corrected chi connectivity index (χ3v) is 5.62. The van der Waals surface area contributed by atoms with E-state index in [4.69, 9.17) is 4.74 Å². The smallest absolute Gasteiger partial charge is 0.252 e. The number of fused-ring (bicyclic) bond motifs is 2. The Labute approximate surface area is 174 Å². The molecule has 30 heavy (non-hydrogen) atoms. The predicted molar refractivity (Wildman–Crippen MR) is 112 cm³/mol. The van der Waals surface area contributed by atoms with E-state index < -0.39 is 0 Å². The second kappa shape index (κ2) is 7.63. The third-order valence-electron chi connectivity index (χ3n) is 5.62. The molecule has 3 heterocycles. The predicted octanol–water partition coefficient (Wildman–Crippen LogP) is 3.04. The number of nitrogens with one attached hydrogen (secondary N) is 2. The standard InChI is InChI=1S/C24H21N3O3/c28-22(13-21-19-5-1-2-6-20(19)24(29)27-21)26-14-17-12-16-4-3-7-18(23(16)30-17)15-8-10-25-11-9-15/h1-11,17,21H,12-14H2,(H,26,28)(H,27,29)/t17-,21+/m0/s1. The number of amides is 2. The molecule has 6 heteroatoms. The van der Waals surface area contributed by atoms with Crippen molar-refractivity contribution in [2.75, 3.05) is 6.54 Å². The van der Waals surface area contributed by atoms with Crippen LogP contribution in [0.25, 0.3) is 11.1 Å². The lowest BCUT2D eigenvalue weighted by Crippen LogP contribution is -2.36. The molecular weight excluding hydrogens is 378 g/mol. The molecule has 2 N–H and O–H groups in total. The maximum absolute atomic E-state index is 12.5. The van der Waals surface area contributed by atoms with Crippen molar-refractivity contribution in [1.29, 1.82) is 0 Å². The Balaban J connectivity index is 1.21. The van der Waals surface area contributed by atoms with Gasteiger partial charge in [0, 0.05) is 29.9 Å². The van der Waals surface area contributed by atoms with E-state index in [9.17, 15) is 9.59 Å². The fraction of sp³-hybridized carbons (Fsp3) is 0.208. The zero-order valence-corrected chi connectivity index (χ0v) is 16.3. The number of nitrogens with zero attached hydrogens (tertiary/aromatic N) is 1. The van der Waals surface area contributed by atoms with E-state index in [1.165, 1.54) is 0 Å². The van der Waals surface area contributed by atoms with Crippen LogP contribution in [0.2, 0.25) is 0 Å². The van der Waals surface area contributed by atoms with Crippen molar-refractivity contribution in [3.8, 4) is 16.9 Å². The number of carbonyl (C=O) groups excluding carboxylic acids is 2. The molecule has 0 bridgehead atoms. The first kappa shape index (κ1) is 18.4. The lowest BCUT2D eigenvalue weighted by Gasteiger charge is -2.15. The van der Waals surface area contributed by atoms with Crippen molar-refractivity contribution in [1.82, 2.24) is 15.6 Å². The summed E-state index contributed by atoms with van der Waals surface area (Å²) >= 11 is 0. The maximum Gasteiger partial charge on any atom is 0.252 e. The van der Waals surface area contributed by atoms with Gasteiger partial charge in [0.05, 0.1) is 19.0 Å². The van der Waals surface area contributed by atoms with Crippen LogP contribution in [0, 0.1) is 0 Å². The molecular formula is C24H21N3O3. The minimum atomic E-state index is -0.284. The number of hydrogen-bond donors (Lipinski definition) is 2. The first-order chi connectivity index (χ1) is 14.7. The number of para-hydroxylation sites is 1. The fourth-order valence-electron chi connectivity index (χ4n) is 4.18. The zero-order chi connectivity index (χ0) is 20.5. The molecule has 2 aromatic carbocycles. The SMILES string of the molecule is O=C(C[C@H]1NC(=O)c2ccccc21)NC[C@@H]1Cc2cccc(-c3ccncc3)c2O1. The molecule has 0 spiro atoms. The van der Waals surface area contributed by atoms with E-state index in [0.29, 0.717) is 12.1 Å². The number of carbonyl (C=O) groups is 2. The van der Waals surface area contributed by atoms with Gasteiger partial charge in [-0.15, -0.1) is 0 Å². The summed E-state index contributed by atoms with van der Waals surface area (Å²) in [5.74, 6) is 0.646. The van der Waals surface area contributed by atoms with Crippen molar-refractivity contribution >= 4 is 11.8 Å². The van der Waals surface area contributed by atoms with Gasteiger partial charge < -0.3 is 15.4 Å². The van der Waals surface area contributed by atoms with Gasteiger partial charge in [-0.25, -0.2) is 0 Å². The Kier molecular flexibility index (Phi) is 4.67. The molecule has 1 aromatic heterocycles. The van der Waals surface area contributed by atoms with Crippen molar-refractivity contribution in [2.24, 2.45) is 0 Å². The lowest BCUT2D eigenvalue weighted by atomic mass is 10.0. The van der Waals surface area contributed by atoms with Crippen LogP contribution in [0.5, 0.6) is 5.75 Å². The molecule has 0 saturated carbocycles. The molecule has 150 valence electrons. The Bertz CT molecular complexity index is 1110. The number of aromatic nitrogens is 1. The third kappa shape index (κ3) is 3.41. The maximum atomic E-state index is 12.5. The van der Waals surface area contributed by atoms with Gasteiger partial charge in [-0.3, -0.25) is 14.6 Å². The molecule has 0 aliphatic carbocycles. The second-order valence-electron chi connectivity index (χ2n) is 7.60. The van der Waals surface area contributed by atoms with Crippen LogP contribution in [0.3, 0.4) is 0 Å². The van der Waals surface area contributed by atoms with Gasteiger partial charge >= 0.3 is 0 Å². The molecule has 6 nitrogen and oxygen atoms in total. The van der Waals surface area contributed by atoms with Crippen LogP contribution in [0.4, 0.5) is 0 Å². The van der Waals surface area contributed by atoms with E-state index in [-0.39, 0.29) is 30.4 Å². The monoisotopic (exact) mass is 399 g/mol. The quantitative estimate of drug-likeness (QED) is 0.691. The topological polar surface area (TPSA) is 80.3 Å². The molecule has 0 unspecified atom stereocenters. The van der Waals surface area contributed by atoms with E-state index in [0.717, 1.165) is 34.4 Å². The first-order valence-corrected chi connectivity index (χ1v) is 10.0. The average molecular weight is 399 g/mol. The molecule has 2 amide bonds. The highest BCUT2D eigenvalue weighted by molar-refractivity contribution is 5.99. The van der Waals surface area contributed by atoms with Gasteiger partial charge in [-0.05, 0) is 34.9 Å². The van der Waals surface area contributed by atoms with Gasteiger partial charge in [0.2, 0.25) is 5.91 Å². The molecule has 3 aromatic rings. The van der Waals surface area contributed by atoms with E-state index in [1.807, 2.05) is 42.5 Å². The fourth-order valence-corrected chi connectivity index (χ4v) is 4.18. The summed E-state index contributed by atoms with van der Waals surface area (Å²) in [6.45, 7) is 0.422. The van der Waals surface area contributed by atoms with Crippen LogP contribution in [-0.2, 0) is 11.2 Å². The van der Waals surface area contributed by atoms with Gasteiger partial charge in [-0.1, -0.05) is 36.4 Å². The van der Waals surface area contributed by atoms with Crippen molar-refractivity contribution in [2.45, 2.75) is 25.0 Å². The molecule has 5 rings (SSSR count). The summed E-state index contributed by atoms with van der Waals surface area (Å²) < 4.78 is 6.18. The van der Waals surface area contributed by atoms with Gasteiger partial charge in [0.25, 0.3) is 5.91 Å². The number of hydrogen-bond acceptors (Lipinski definition) is 4. The zero-order valence-electron chi connectivity index (χ0n) is 16.3. The second-order valence-corrected chi connectivity index (χ2v) is 7.60. The van der Waals surface area contributed by atoms with Crippen molar-refractivity contribution < 1.29 is 14.3 Å². The van der Waals surface area contributed by atoms with Gasteiger partial charge in [-0.2, -0.15) is 0 Å². The Morgan fingerprint density at radius 3 is 2.73 bits per heavy atom. The van der Waals surface area contributed by atoms with Crippen molar-refractivity contribution in [3.05, 3.63) is 83.7 Å². The largest absolute Gasteiger partial charge is 0.487 e. The highest BCUT2D eigenvalue weighted by atomic mass is 16.5. The Hall–Kier alpha value is -3.67. The minimum absolute atomic E-state index is 0.106. The van der Waals surface area contributed by atoms with Crippen LogP contribution >= 0.6 is 0 Å². The van der Waals surface area contributed by atoms with E-state index >= 15 is 0 Å². The van der Waals surface area contributed by atoms with Crippen LogP contribution in [-0.4, -0.2) is 29.4 Å². The lowest BCUT2D eigenvalue weighted by molar-refractivity contribution is -0.121. The summed E-state index contributed by atoms with van der Waals surface area (Å²) in [4.78, 5) is 28.6. The highest BCUT2D eigenvalue weighted by Gasteiger charge is 2.30. The van der Waals surface area contributed by atoms with Crippen molar-refractivity contribution in [3.63, 3.8) is 0 Å². The highest BCUT2D eigenvalue weighted by Crippen LogP contribution is 2.38. The molecule has 2 aliphatic heterocycles. The van der Waals surface area contributed by atoms with E-state index in [2.05, 4.69) is 21.7 Å². The summed E-state index contributed by atoms with van der Waals surface area (Å²) in [5.41, 5.74) is 4.76. The minimum Gasteiger partial charge on any atom is -0.487 e. The normalized spacial score (nSPS) is 18.9. The van der Waals surface area contributed by atoms with E-state index in [1.54, 1.807) is 18.5 Å². The number of benzene rings is 2. The Morgan fingerprint density at radius 1 is 1.07 bits per heavy atom. The molecule has 0 saturated heterocycles. The molecule has 0 fully saturated rings. The van der Waals surface area contributed by atoms with Crippen LogP contribution in [0.15, 0.2) is 67.0 Å². The molecule has 2 atom stereocenters. The number of rotatable bonds is 5. The summed E-state index contributed by atoms with van der Waals surface area (Å²) in [6.07, 6.45) is 4.38. The van der Waals surface area contributed by atoms with Gasteiger partial charge in [0.15, 0.2) is 0 Å². The van der Waals surface area contributed by atoms with Gasteiger partial charge in [0.1, 0.15) is 11.9 Å². The molecule has 0 radical (unpaired) electrons. The van der Waals surface area contributed by atoms with Crippen LogP contribution in [0.1, 0.15) is 33.9 Å². The number of ether oxygens (including phenoxy) is 1. The first-order valence-electron chi connectivity index (χ1n) is 10.0. The Morgan fingerprint density at radius 2 is 1.87 bits per heavy atom. The summed E-state index contributed by atoms with van der Waals surface area (Å²) in [5, 5.41) is 5.85. The summed E-state index contributed by atoms with van der Waals surface area (Å²) in [6, 6.07) is 17.2. The molecule has 2 aliphatic rings. The number of pyridine rings is 1. The summed E-state index contributed by atoms with van der Waals surface area (Å²) in [7, 11) is 0. The van der Waals surface area contributed by atoms with Crippen LogP contribution < -0.4 is 15.4 Å². The average Bonchev–Trinajstić information content (AvgIpc) is 3.34.